The quantitative estimate of drug-likeness (QED) is 0.756. The first kappa shape index (κ1) is 20.3. The monoisotopic (exact) mass is 451 g/mol. The van der Waals surface area contributed by atoms with Gasteiger partial charge in [0.25, 0.3) is 11.8 Å². The molecule has 3 heterocycles. The number of amides is 2. The lowest BCUT2D eigenvalue weighted by molar-refractivity contribution is -0.127. The Balaban J connectivity index is 1.34. The summed E-state index contributed by atoms with van der Waals surface area (Å²) in [5.41, 5.74) is 2.44. The molecule has 2 amide bonds. The topological polar surface area (TPSA) is 80.1 Å². The normalized spacial score (nSPS) is 22.2. The average molecular weight is 451 g/mol. The van der Waals surface area contributed by atoms with Gasteiger partial charge in [-0.25, -0.2) is 8.78 Å². The Labute approximate surface area is 189 Å². The lowest BCUT2D eigenvalue weighted by Gasteiger charge is -2.32. The summed E-state index contributed by atoms with van der Waals surface area (Å²) >= 11 is 0. The van der Waals surface area contributed by atoms with Crippen molar-refractivity contribution < 1.29 is 18.4 Å². The average Bonchev–Trinajstić information content (AvgIpc) is 3.35. The second-order valence-electron chi connectivity index (χ2n) is 9.33. The van der Waals surface area contributed by atoms with Crippen LogP contribution >= 0.6 is 0 Å². The number of allylic oxidation sites excluding steroid dienone is 2. The summed E-state index contributed by atoms with van der Waals surface area (Å²) < 4.78 is 30.4. The number of carbonyl (C=O) groups is 2. The zero-order valence-electron chi connectivity index (χ0n) is 18.2. The number of carbonyl (C=O) groups excluding carboxylic acids is 2. The van der Waals surface area contributed by atoms with Gasteiger partial charge in [0.2, 0.25) is 5.82 Å². The summed E-state index contributed by atoms with van der Waals surface area (Å²) in [6.07, 6.45) is 6.29. The van der Waals surface area contributed by atoms with E-state index >= 15 is 0 Å². The van der Waals surface area contributed by atoms with Gasteiger partial charge in [-0.05, 0) is 50.8 Å². The van der Waals surface area contributed by atoms with E-state index in [0.29, 0.717) is 35.9 Å². The summed E-state index contributed by atoms with van der Waals surface area (Å²) in [5.74, 6) is -0.171. The van der Waals surface area contributed by atoms with E-state index in [2.05, 4.69) is 15.5 Å². The first-order chi connectivity index (χ1) is 15.9. The van der Waals surface area contributed by atoms with Crippen molar-refractivity contribution in [1.29, 1.82) is 0 Å². The Morgan fingerprint density at radius 2 is 1.79 bits per heavy atom. The number of benzene rings is 1. The molecule has 6 rings (SSSR count). The second kappa shape index (κ2) is 7.33. The first-order valence-corrected chi connectivity index (χ1v) is 11.3. The highest BCUT2D eigenvalue weighted by Gasteiger charge is 2.39. The van der Waals surface area contributed by atoms with Crippen LogP contribution in [0.5, 0.6) is 0 Å². The van der Waals surface area contributed by atoms with Crippen molar-refractivity contribution >= 4 is 11.8 Å². The van der Waals surface area contributed by atoms with E-state index in [4.69, 9.17) is 0 Å². The fraction of sp³-hybridized carbons (Fsp3) is 0.417. The van der Waals surface area contributed by atoms with Crippen LogP contribution in [0, 0.1) is 11.6 Å². The Hall–Kier alpha value is -3.36. The number of aromatic nitrogens is 3. The smallest absolute Gasteiger partial charge is 0.293 e. The van der Waals surface area contributed by atoms with Gasteiger partial charge < -0.3 is 10.2 Å². The molecule has 4 aliphatic rings. The molecule has 1 atom stereocenters. The molecule has 0 bridgehead atoms. The summed E-state index contributed by atoms with van der Waals surface area (Å²) in [4.78, 5) is 27.7. The molecule has 0 radical (unpaired) electrons. The van der Waals surface area contributed by atoms with E-state index in [1.54, 1.807) is 6.08 Å². The van der Waals surface area contributed by atoms with Crippen LogP contribution in [-0.2, 0) is 17.9 Å². The lowest BCUT2D eigenvalue weighted by atomic mass is 9.84. The van der Waals surface area contributed by atoms with Gasteiger partial charge in [-0.2, -0.15) is 0 Å². The zero-order valence-corrected chi connectivity index (χ0v) is 18.2. The molecule has 1 unspecified atom stereocenters. The molecule has 170 valence electrons. The maximum atomic E-state index is 14.2. The molecular weight excluding hydrogens is 428 g/mol. The number of hydrogen-bond donors (Lipinski definition) is 1. The Kier molecular flexibility index (Phi) is 4.50. The van der Waals surface area contributed by atoms with Gasteiger partial charge >= 0.3 is 0 Å². The molecular formula is C24H23F2N5O2. The van der Waals surface area contributed by atoms with Gasteiger partial charge in [0.05, 0.1) is 6.04 Å². The maximum absolute atomic E-state index is 14.2. The molecule has 1 fully saturated rings. The fourth-order valence-corrected chi connectivity index (χ4v) is 5.28. The van der Waals surface area contributed by atoms with Crippen molar-refractivity contribution in [3.05, 3.63) is 69.5 Å². The third-order valence-electron chi connectivity index (χ3n) is 7.41. The number of nitrogens with one attached hydrogen (secondary N) is 1. The summed E-state index contributed by atoms with van der Waals surface area (Å²) in [6.45, 7) is 1.94. The van der Waals surface area contributed by atoms with Crippen LogP contribution in [-0.4, -0.2) is 31.5 Å². The highest BCUT2D eigenvalue weighted by molar-refractivity contribution is 5.98. The van der Waals surface area contributed by atoms with E-state index < -0.39 is 11.6 Å². The van der Waals surface area contributed by atoms with E-state index in [0.717, 1.165) is 42.8 Å². The molecule has 1 aromatic carbocycles. The first-order valence-electron chi connectivity index (χ1n) is 11.3. The summed E-state index contributed by atoms with van der Waals surface area (Å²) in [5, 5.41) is 11.4. The van der Waals surface area contributed by atoms with E-state index in [9.17, 15) is 18.4 Å². The van der Waals surface area contributed by atoms with Gasteiger partial charge in [0.1, 0.15) is 17.5 Å². The summed E-state index contributed by atoms with van der Waals surface area (Å²) in [6, 6.07) is 2.03. The standard InChI is InChI=1S/C24H23F2N5O2/c1-12-5-8-20-19(27-23(32)22-29-28-21(31(20)22)13-3-2-4-13)9-14(12)24(33)30-10-15-16(11-30)18(26)7-6-17(15)25/h6-7,9,13,20H,2-5,8,10-11H2,1H3,(H,27,32). The molecule has 2 aromatic rings. The SMILES string of the molecule is CC1=C(C(=O)N2Cc3c(F)ccc(F)c3C2)C=C2NC(=O)c3nnc(C4CCC4)n3C2CC1. The van der Waals surface area contributed by atoms with Crippen LogP contribution in [0.25, 0.3) is 0 Å². The van der Waals surface area contributed by atoms with Crippen LogP contribution in [0.15, 0.2) is 35.1 Å². The lowest BCUT2D eigenvalue weighted by Crippen LogP contribution is -2.38. The Bertz CT molecular complexity index is 1240. The highest BCUT2D eigenvalue weighted by atomic mass is 19.1. The van der Waals surface area contributed by atoms with Gasteiger partial charge in [-0.15, -0.1) is 10.2 Å². The molecule has 1 saturated carbocycles. The van der Waals surface area contributed by atoms with Crippen molar-refractivity contribution in [3.63, 3.8) is 0 Å². The van der Waals surface area contributed by atoms with Crippen LogP contribution < -0.4 is 5.32 Å². The van der Waals surface area contributed by atoms with Gasteiger partial charge in [0.15, 0.2) is 0 Å². The van der Waals surface area contributed by atoms with E-state index in [-0.39, 0.29) is 42.1 Å². The van der Waals surface area contributed by atoms with Crippen LogP contribution in [0.4, 0.5) is 8.78 Å². The summed E-state index contributed by atoms with van der Waals surface area (Å²) in [7, 11) is 0. The second-order valence-corrected chi connectivity index (χ2v) is 9.33. The largest absolute Gasteiger partial charge is 0.330 e. The molecule has 33 heavy (non-hydrogen) atoms. The molecule has 2 aliphatic heterocycles. The molecule has 7 nitrogen and oxygen atoms in total. The number of rotatable bonds is 2. The fourth-order valence-electron chi connectivity index (χ4n) is 5.28. The van der Waals surface area contributed by atoms with Gasteiger partial charge in [-0.3, -0.25) is 14.2 Å². The van der Waals surface area contributed by atoms with Crippen LogP contribution in [0.3, 0.4) is 0 Å². The van der Waals surface area contributed by atoms with Gasteiger partial charge in [0, 0.05) is 41.4 Å². The van der Waals surface area contributed by atoms with E-state index in [1.807, 2.05) is 11.5 Å². The van der Waals surface area contributed by atoms with Crippen molar-refractivity contribution in [2.75, 3.05) is 0 Å². The molecule has 1 aromatic heterocycles. The number of hydrogen-bond acceptors (Lipinski definition) is 4. The van der Waals surface area contributed by atoms with Crippen molar-refractivity contribution in [3.8, 4) is 0 Å². The van der Waals surface area contributed by atoms with Crippen LogP contribution in [0.2, 0.25) is 0 Å². The molecule has 2 aliphatic carbocycles. The number of nitrogens with zero attached hydrogens (tertiary/aromatic N) is 4. The minimum absolute atomic E-state index is 0.0227. The van der Waals surface area contributed by atoms with Crippen molar-refractivity contribution in [2.45, 2.75) is 64.1 Å². The maximum Gasteiger partial charge on any atom is 0.293 e. The molecule has 9 heteroatoms. The number of halogens is 2. The molecule has 1 N–H and O–H groups in total. The minimum atomic E-state index is -0.505. The van der Waals surface area contributed by atoms with Crippen LogP contribution in [0.1, 0.15) is 78.6 Å². The minimum Gasteiger partial charge on any atom is -0.330 e. The van der Waals surface area contributed by atoms with Gasteiger partial charge in [-0.1, -0.05) is 12.0 Å². The predicted molar refractivity (Wildman–Crippen MR) is 114 cm³/mol. The van der Waals surface area contributed by atoms with Crippen molar-refractivity contribution in [2.24, 2.45) is 0 Å². The third-order valence-corrected chi connectivity index (χ3v) is 7.41. The molecule has 0 spiro atoms. The Morgan fingerprint density at radius 3 is 2.42 bits per heavy atom. The highest BCUT2D eigenvalue weighted by Crippen LogP contribution is 2.41. The molecule has 0 saturated heterocycles. The van der Waals surface area contributed by atoms with Crippen molar-refractivity contribution in [1.82, 2.24) is 25.0 Å². The predicted octanol–water partition coefficient (Wildman–Crippen LogP) is 3.64. The third kappa shape index (κ3) is 3.05. The Morgan fingerprint density at radius 1 is 1.09 bits per heavy atom. The van der Waals surface area contributed by atoms with E-state index in [1.165, 1.54) is 4.90 Å². The number of fused-ring (bicyclic) bond motifs is 4. The zero-order chi connectivity index (χ0) is 22.9.